The fourth-order valence-electron chi connectivity index (χ4n) is 3.38. The number of halogens is 1. The molecule has 1 atom stereocenters. The Labute approximate surface area is 183 Å². The Morgan fingerprint density at radius 2 is 1.90 bits per heavy atom. The number of carbonyl (C=O) groups is 2. The maximum atomic E-state index is 12.9. The van der Waals surface area contributed by atoms with Crippen LogP contribution >= 0.6 is 15.9 Å². The van der Waals surface area contributed by atoms with Crippen LogP contribution in [0.1, 0.15) is 29.3 Å². The van der Waals surface area contributed by atoms with Crippen molar-refractivity contribution in [3.63, 3.8) is 0 Å². The molecule has 0 fully saturated rings. The topological polar surface area (TPSA) is 116 Å². The molecule has 0 saturated carbocycles. The fraction of sp³-hybridized carbons (Fsp3) is 0.300. The second-order valence-corrected chi connectivity index (χ2v) is 10.0. The van der Waals surface area contributed by atoms with Crippen molar-refractivity contribution < 1.29 is 23.2 Å². The Kier molecular flexibility index (Phi) is 6.79. The fourth-order valence-corrected chi connectivity index (χ4v) is 5.49. The number of benzene rings is 2. The molecule has 2 aromatic carbocycles. The first kappa shape index (κ1) is 22.3. The quantitative estimate of drug-likeness (QED) is 0.418. The van der Waals surface area contributed by atoms with Crippen LogP contribution in [-0.2, 0) is 21.2 Å². The summed E-state index contributed by atoms with van der Waals surface area (Å²) in [5.74, 6) is -1.07. The summed E-state index contributed by atoms with van der Waals surface area (Å²) in [7, 11) is -3.78. The number of nitrogens with zero attached hydrogens (tertiary/aromatic N) is 1. The van der Waals surface area contributed by atoms with Gasteiger partial charge in [0, 0.05) is 36.1 Å². The molecule has 0 aliphatic carbocycles. The summed E-state index contributed by atoms with van der Waals surface area (Å²) in [6.07, 6.45) is -0.343. The van der Waals surface area contributed by atoms with E-state index in [1.807, 2.05) is 36.1 Å². The van der Waals surface area contributed by atoms with Crippen molar-refractivity contribution >= 4 is 43.3 Å². The number of hydrogen-bond donors (Lipinski definition) is 3. The van der Waals surface area contributed by atoms with Gasteiger partial charge in [-0.25, -0.2) is 13.9 Å². The summed E-state index contributed by atoms with van der Waals surface area (Å²) in [4.78, 5) is 26.0. The van der Waals surface area contributed by atoms with E-state index >= 15 is 0 Å². The number of nitrogens with one attached hydrogen (secondary N) is 2. The third-order valence-electron chi connectivity index (χ3n) is 5.02. The number of hydrogen-bond acceptors (Lipinski definition) is 6. The van der Waals surface area contributed by atoms with Gasteiger partial charge in [-0.2, -0.15) is 0 Å². The number of fused-ring (bicyclic) bond motifs is 1. The van der Waals surface area contributed by atoms with Gasteiger partial charge in [0.2, 0.25) is 5.91 Å². The zero-order valence-corrected chi connectivity index (χ0v) is 18.7. The lowest BCUT2D eigenvalue weighted by molar-refractivity contribution is -0.129. The van der Waals surface area contributed by atoms with Crippen molar-refractivity contribution in [1.82, 2.24) is 10.8 Å². The molecule has 2 aromatic rings. The van der Waals surface area contributed by atoms with Crippen LogP contribution in [0.15, 0.2) is 51.8 Å². The van der Waals surface area contributed by atoms with Crippen LogP contribution in [0.5, 0.6) is 0 Å². The molecule has 10 heteroatoms. The van der Waals surface area contributed by atoms with E-state index < -0.39 is 21.0 Å². The Bertz CT molecular complexity index is 1060. The highest BCUT2D eigenvalue weighted by atomic mass is 79.9. The summed E-state index contributed by atoms with van der Waals surface area (Å²) < 4.78 is 26.8. The van der Waals surface area contributed by atoms with Crippen LogP contribution in [0.25, 0.3) is 0 Å². The van der Waals surface area contributed by atoms with Gasteiger partial charge in [0.1, 0.15) is 0 Å². The Morgan fingerprint density at radius 3 is 2.53 bits per heavy atom. The van der Waals surface area contributed by atoms with Crippen LogP contribution in [0.3, 0.4) is 0 Å². The average molecular weight is 496 g/mol. The van der Waals surface area contributed by atoms with Crippen LogP contribution in [0.4, 0.5) is 5.69 Å². The van der Waals surface area contributed by atoms with Gasteiger partial charge < -0.3 is 10.2 Å². The standard InChI is InChI=1S/C20H22BrN3O5S/c1-2-24-12-16(10-19(25)23-27)30(28,29)18-8-5-14(9-17(18)24)20(26)22-11-13-3-6-15(21)7-4-13/h3-9,16,27H,2,10-12H2,1H3,(H,22,26)(H,23,25). The minimum absolute atomic E-state index is 0.0794. The van der Waals surface area contributed by atoms with Gasteiger partial charge in [0.05, 0.1) is 15.8 Å². The van der Waals surface area contributed by atoms with E-state index in [-0.39, 0.29) is 23.8 Å². The minimum atomic E-state index is -3.78. The summed E-state index contributed by atoms with van der Waals surface area (Å²) in [5, 5.41) is 10.6. The largest absolute Gasteiger partial charge is 0.369 e. The molecule has 0 aromatic heterocycles. The molecular formula is C20H22BrN3O5S. The van der Waals surface area contributed by atoms with Crippen LogP contribution in [0.2, 0.25) is 0 Å². The van der Waals surface area contributed by atoms with Crippen molar-refractivity contribution in [3.8, 4) is 0 Å². The lowest BCUT2D eigenvalue weighted by Gasteiger charge is -2.35. The van der Waals surface area contributed by atoms with Gasteiger partial charge >= 0.3 is 0 Å². The van der Waals surface area contributed by atoms with E-state index in [1.165, 1.54) is 17.6 Å². The summed E-state index contributed by atoms with van der Waals surface area (Å²) in [5.41, 5.74) is 3.21. The maximum Gasteiger partial charge on any atom is 0.251 e. The first-order chi connectivity index (χ1) is 14.3. The smallest absolute Gasteiger partial charge is 0.251 e. The Hall–Kier alpha value is -2.43. The summed E-state index contributed by atoms with van der Waals surface area (Å²) >= 11 is 3.36. The van der Waals surface area contributed by atoms with E-state index in [4.69, 9.17) is 5.21 Å². The molecule has 30 heavy (non-hydrogen) atoms. The third-order valence-corrected chi connectivity index (χ3v) is 7.70. The average Bonchev–Trinajstić information content (AvgIpc) is 2.74. The molecule has 0 spiro atoms. The number of carbonyl (C=O) groups excluding carboxylic acids is 2. The molecular weight excluding hydrogens is 474 g/mol. The minimum Gasteiger partial charge on any atom is -0.369 e. The monoisotopic (exact) mass is 495 g/mol. The van der Waals surface area contributed by atoms with Crippen molar-refractivity contribution in [3.05, 3.63) is 58.1 Å². The van der Waals surface area contributed by atoms with Gasteiger partial charge in [0.15, 0.2) is 9.84 Å². The van der Waals surface area contributed by atoms with E-state index in [0.29, 0.717) is 24.3 Å². The zero-order chi connectivity index (χ0) is 21.9. The van der Waals surface area contributed by atoms with E-state index in [9.17, 15) is 18.0 Å². The van der Waals surface area contributed by atoms with Crippen LogP contribution in [0, 0.1) is 0 Å². The van der Waals surface area contributed by atoms with Gasteiger partial charge in [-0.05, 0) is 42.8 Å². The second-order valence-electron chi connectivity index (χ2n) is 6.94. The SMILES string of the molecule is CCN1CC(CC(=O)NO)S(=O)(=O)c2ccc(C(=O)NCc3ccc(Br)cc3)cc21. The van der Waals surface area contributed by atoms with Crippen molar-refractivity contribution in [2.24, 2.45) is 0 Å². The highest BCUT2D eigenvalue weighted by Gasteiger charge is 2.38. The van der Waals surface area contributed by atoms with Crippen LogP contribution in [-0.4, -0.2) is 43.8 Å². The van der Waals surface area contributed by atoms with Gasteiger partial charge in [-0.15, -0.1) is 0 Å². The van der Waals surface area contributed by atoms with E-state index in [1.54, 1.807) is 6.07 Å². The predicted octanol–water partition coefficient (Wildman–Crippen LogP) is 2.26. The first-order valence-corrected chi connectivity index (χ1v) is 11.7. The molecule has 3 N–H and O–H groups in total. The zero-order valence-electron chi connectivity index (χ0n) is 16.3. The van der Waals surface area contributed by atoms with Crippen molar-refractivity contribution in [1.29, 1.82) is 0 Å². The molecule has 0 saturated heterocycles. The number of rotatable bonds is 6. The highest BCUT2D eigenvalue weighted by molar-refractivity contribution is 9.10. The second kappa shape index (κ2) is 9.15. The summed E-state index contributed by atoms with van der Waals surface area (Å²) in [6, 6.07) is 12.0. The van der Waals surface area contributed by atoms with Crippen molar-refractivity contribution in [2.45, 2.75) is 30.0 Å². The van der Waals surface area contributed by atoms with E-state index in [0.717, 1.165) is 10.0 Å². The number of hydroxylamine groups is 1. The molecule has 1 aliphatic rings. The molecule has 2 amide bonds. The highest BCUT2D eigenvalue weighted by Crippen LogP contribution is 2.35. The maximum absolute atomic E-state index is 12.9. The molecule has 1 aliphatic heterocycles. The molecule has 0 radical (unpaired) electrons. The third kappa shape index (κ3) is 4.66. The first-order valence-electron chi connectivity index (χ1n) is 9.34. The van der Waals surface area contributed by atoms with Crippen molar-refractivity contribution in [2.75, 3.05) is 18.0 Å². The van der Waals surface area contributed by atoms with Gasteiger partial charge in [-0.3, -0.25) is 14.8 Å². The number of anilines is 1. The summed E-state index contributed by atoms with van der Waals surface area (Å²) in [6.45, 7) is 2.81. The lowest BCUT2D eigenvalue weighted by Crippen LogP contribution is -2.44. The lowest BCUT2D eigenvalue weighted by atomic mass is 10.1. The predicted molar refractivity (Wildman–Crippen MR) is 115 cm³/mol. The van der Waals surface area contributed by atoms with Crippen LogP contribution < -0.4 is 15.7 Å². The molecule has 1 heterocycles. The normalized spacial score (nSPS) is 17.2. The molecule has 3 rings (SSSR count). The van der Waals surface area contributed by atoms with Gasteiger partial charge in [0.25, 0.3) is 5.91 Å². The molecule has 8 nitrogen and oxygen atoms in total. The van der Waals surface area contributed by atoms with E-state index in [2.05, 4.69) is 21.2 Å². The van der Waals surface area contributed by atoms with Gasteiger partial charge in [-0.1, -0.05) is 28.1 Å². The Morgan fingerprint density at radius 1 is 1.20 bits per heavy atom. The molecule has 160 valence electrons. The number of sulfone groups is 1. The molecule has 1 unspecified atom stereocenters. The molecule has 0 bridgehead atoms. The number of amides is 2. The Balaban J connectivity index is 1.83.